The molecule has 0 bridgehead atoms. The number of aromatic amines is 1. The molecule has 0 aliphatic carbocycles. The van der Waals surface area contributed by atoms with Crippen LogP contribution in [0.15, 0.2) is 12.1 Å². The number of hydrogen-bond acceptors (Lipinski definition) is 5. The topological polar surface area (TPSA) is 91.6 Å². The van der Waals surface area contributed by atoms with E-state index >= 15 is 0 Å². The van der Waals surface area contributed by atoms with Crippen molar-refractivity contribution in [3.05, 3.63) is 29.0 Å². The van der Waals surface area contributed by atoms with Crippen LogP contribution in [0.25, 0.3) is 11.1 Å². The van der Waals surface area contributed by atoms with Gasteiger partial charge >= 0.3 is 0 Å². The number of aromatic nitrogens is 1. The average Bonchev–Trinajstić information content (AvgIpc) is 2.66. The molecular weight excluding hydrogens is 330 g/mol. The zero-order valence-corrected chi connectivity index (χ0v) is 16.0. The number of pyridine rings is 1. The Morgan fingerprint density at radius 3 is 2.27 bits per heavy atom. The van der Waals surface area contributed by atoms with Gasteiger partial charge in [-0.15, -0.1) is 0 Å². The van der Waals surface area contributed by atoms with E-state index in [0.717, 1.165) is 41.6 Å². The summed E-state index contributed by atoms with van der Waals surface area (Å²) in [6, 6.07) is 5.93. The Morgan fingerprint density at radius 2 is 1.77 bits per heavy atom. The summed E-state index contributed by atoms with van der Waals surface area (Å²) >= 11 is 0. The second-order valence-corrected chi connectivity index (χ2v) is 5.84. The highest BCUT2D eigenvalue weighted by molar-refractivity contribution is 5.84. The maximum absolute atomic E-state index is 9.75. The van der Waals surface area contributed by atoms with Crippen LogP contribution in [0.4, 0.5) is 5.82 Å². The maximum Gasteiger partial charge on any atom is 0.289 e. The number of H-pyrrole nitrogens is 1. The fourth-order valence-electron chi connectivity index (χ4n) is 3.30. The zero-order chi connectivity index (χ0) is 19.3. The molecule has 0 spiro atoms. The Kier molecular flexibility index (Phi) is 6.29. The van der Waals surface area contributed by atoms with E-state index < -0.39 is 0 Å². The molecular formula is C20H26N3O3+. The number of nitrogens with one attached hydrogen (secondary N) is 1. The van der Waals surface area contributed by atoms with Crippen molar-refractivity contribution < 1.29 is 19.2 Å². The van der Waals surface area contributed by atoms with E-state index in [1.807, 2.05) is 12.1 Å². The van der Waals surface area contributed by atoms with Crippen LogP contribution >= 0.6 is 0 Å². The van der Waals surface area contributed by atoms with Crippen molar-refractivity contribution in [1.29, 1.82) is 5.26 Å². The van der Waals surface area contributed by atoms with E-state index in [4.69, 9.17) is 19.9 Å². The number of methoxy groups -OCH3 is 3. The number of anilines is 1. The molecule has 0 saturated heterocycles. The summed E-state index contributed by atoms with van der Waals surface area (Å²) < 4.78 is 16.5. The van der Waals surface area contributed by atoms with Crippen LogP contribution in [-0.2, 0) is 12.8 Å². The van der Waals surface area contributed by atoms with Gasteiger partial charge in [0.15, 0.2) is 11.5 Å². The number of nitriles is 1. The molecule has 0 fully saturated rings. The molecule has 2 rings (SSSR count). The van der Waals surface area contributed by atoms with Crippen LogP contribution in [0, 0.1) is 11.3 Å². The largest absolute Gasteiger partial charge is 0.493 e. The average molecular weight is 356 g/mol. The molecule has 0 aliphatic rings. The molecule has 0 atom stereocenters. The summed E-state index contributed by atoms with van der Waals surface area (Å²) in [4.78, 5) is 3.20. The van der Waals surface area contributed by atoms with E-state index in [0.29, 0.717) is 28.6 Å². The quantitative estimate of drug-likeness (QED) is 0.823. The number of rotatable bonds is 7. The standard InChI is InChI=1S/C20H25N3O3/c1-6-8-15-12(7-2)17(14(11-21)20(22)23-15)13-9-10-16(24-3)19(26-5)18(13)25-4/h9-10H,6-8H2,1-5H3,(H2,22,23)/p+1. The molecule has 6 heteroatoms. The van der Waals surface area contributed by atoms with Gasteiger partial charge in [-0.1, -0.05) is 13.8 Å². The molecule has 1 heterocycles. The highest BCUT2D eigenvalue weighted by Gasteiger charge is 2.26. The van der Waals surface area contributed by atoms with Gasteiger partial charge in [0.2, 0.25) is 5.75 Å². The second-order valence-electron chi connectivity index (χ2n) is 5.84. The zero-order valence-electron chi connectivity index (χ0n) is 16.0. The van der Waals surface area contributed by atoms with Crippen LogP contribution in [0.2, 0.25) is 0 Å². The highest BCUT2D eigenvalue weighted by atomic mass is 16.5. The van der Waals surface area contributed by atoms with Gasteiger partial charge in [0, 0.05) is 23.1 Å². The molecule has 1 aromatic heterocycles. The Labute approximate surface area is 154 Å². The first kappa shape index (κ1) is 19.4. The first-order valence-electron chi connectivity index (χ1n) is 8.63. The molecule has 2 aromatic rings. The summed E-state index contributed by atoms with van der Waals surface area (Å²) in [5.74, 6) is 1.93. The predicted octanol–water partition coefficient (Wildman–Crippen LogP) is 3.16. The van der Waals surface area contributed by atoms with Crippen molar-refractivity contribution in [2.75, 3.05) is 27.1 Å². The number of benzene rings is 1. The van der Waals surface area contributed by atoms with Crippen molar-refractivity contribution in [2.45, 2.75) is 33.1 Å². The third kappa shape index (κ3) is 3.25. The Balaban J connectivity index is 2.93. The van der Waals surface area contributed by atoms with Crippen molar-refractivity contribution >= 4 is 5.82 Å². The van der Waals surface area contributed by atoms with Crippen LogP contribution in [0.5, 0.6) is 17.2 Å². The number of nitrogens with zero attached hydrogens (tertiary/aromatic N) is 1. The number of hydrogen-bond donors (Lipinski definition) is 1. The van der Waals surface area contributed by atoms with Crippen LogP contribution in [-0.4, -0.2) is 21.3 Å². The van der Waals surface area contributed by atoms with Crippen LogP contribution in [0.1, 0.15) is 37.1 Å². The number of nitrogens with two attached hydrogens (primary N) is 1. The minimum absolute atomic E-state index is 0.361. The van der Waals surface area contributed by atoms with Gasteiger partial charge in [0.25, 0.3) is 5.82 Å². The maximum atomic E-state index is 9.75. The molecule has 6 nitrogen and oxygen atoms in total. The predicted molar refractivity (Wildman–Crippen MR) is 101 cm³/mol. The fraction of sp³-hybridized carbons (Fsp3) is 0.400. The molecule has 0 unspecified atom stereocenters. The number of aryl methyl sites for hydroxylation is 1. The van der Waals surface area contributed by atoms with Crippen molar-refractivity contribution in [2.24, 2.45) is 0 Å². The van der Waals surface area contributed by atoms with E-state index in [-0.39, 0.29) is 0 Å². The van der Waals surface area contributed by atoms with Crippen LogP contribution in [0.3, 0.4) is 0 Å². The molecule has 0 aliphatic heterocycles. The summed E-state index contributed by atoms with van der Waals surface area (Å²) in [5, 5.41) is 9.75. The van der Waals surface area contributed by atoms with Crippen molar-refractivity contribution in [3.8, 4) is 34.4 Å². The number of ether oxygens (including phenoxy) is 3. The fourth-order valence-corrected chi connectivity index (χ4v) is 3.30. The summed E-state index contributed by atoms with van der Waals surface area (Å²) in [7, 11) is 4.71. The Bertz CT molecular complexity index is 841. The van der Waals surface area contributed by atoms with Gasteiger partial charge in [-0.2, -0.15) is 5.26 Å². The monoisotopic (exact) mass is 356 g/mol. The first-order chi connectivity index (χ1) is 12.6. The molecule has 26 heavy (non-hydrogen) atoms. The summed E-state index contributed by atoms with van der Waals surface area (Å²) in [6.45, 7) is 4.18. The van der Waals surface area contributed by atoms with Gasteiger partial charge in [0.05, 0.1) is 21.3 Å². The minimum atomic E-state index is 0.361. The smallest absolute Gasteiger partial charge is 0.289 e. The van der Waals surface area contributed by atoms with Gasteiger partial charge in [-0.3, -0.25) is 5.73 Å². The molecule has 0 saturated carbocycles. The van der Waals surface area contributed by atoms with E-state index in [9.17, 15) is 5.26 Å². The third-order valence-electron chi connectivity index (χ3n) is 4.41. The summed E-state index contributed by atoms with van der Waals surface area (Å²) in [5.41, 5.74) is 10.2. The molecule has 3 N–H and O–H groups in total. The first-order valence-corrected chi connectivity index (χ1v) is 8.63. The highest BCUT2D eigenvalue weighted by Crippen LogP contribution is 2.46. The lowest BCUT2D eigenvalue weighted by Gasteiger charge is -2.19. The second kappa shape index (κ2) is 8.43. The Morgan fingerprint density at radius 1 is 1.08 bits per heavy atom. The molecule has 138 valence electrons. The SMILES string of the molecule is CCCc1[nH+]c(N)c(C#N)c(-c2ccc(OC)c(OC)c2OC)c1CC. The molecule has 1 aromatic carbocycles. The lowest BCUT2D eigenvalue weighted by atomic mass is 9.90. The van der Waals surface area contributed by atoms with Gasteiger partial charge < -0.3 is 14.2 Å². The Hall–Kier alpha value is -2.94. The van der Waals surface area contributed by atoms with Gasteiger partial charge in [0.1, 0.15) is 17.3 Å². The van der Waals surface area contributed by atoms with Crippen molar-refractivity contribution in [3.63, 3.8) is 0 Å². The van der Waals surface area contributed by atoms with Crippen molar-refractivity contribution in [1.82, 2.24) is 0 Å². The molecule has 0 radical (unpaired) electrons. The van der Waals surface area contributed by atoms with Gasteiger partial charge in [-0.05, 0) is 25.0 Å². The molecule has 0 amide bonds. The van der Waals surface area contributed by atoms with E-state index in [1.165, 1.54) is 0 Å². The van der Waals surface area contributed by atoms with Crippen LogP contribution < -0.4 is 24.9 Å². The number of nitrogen functional groups attached to an aromatic ring is 1. The van der Waals surface area contributed by atoms with E-state index in [1.54, 1.807) is 21.3 Å². The lowest BCUT2D eigenvalue weighted by molar-refractivity contribution is -0.373. The van der Waals surface area contributed by atoms with Gasteiger partial charge in [-0.25, -0.2) is 4.98 Å². The minimum Gasteiger partial charge on any atom is -0.493 e. The van der Waals surface area contributed by atoms with E-state index in [2.05, 4.69) is 24.9 Å². The summed E-state index contributed by atoms with van der Waals surface area (Å²) in [6.07, 6.45) is 2.58. The lowest BCUT2D eigenvalue weighted by Crippen LogP contribution is -2.22. The third-order valence-corrected chi connectivity index (χ3v) is 4.41. The normalized spacial score (nSPS) is 10.3.